The highest BCUT2D eigenvalue weighted by Crippen LogP contribution is 2.32. The Morgan fingerprint density at radius 2 is 1.72 bits per heavy atom. The second-order valence-corrected chi connectivity index (χ2v) is 7.87. The van der Waals surface area contributed by atoms with Gasteiger partial charge in [-0.2, -0.15) is 0 Å². The molecule has 1 heterocycles. The number of methoxy groups -OCH3 is 1. The molecule has 1 aromatic heterocycles. The Morgan fingerprint density at radius 1 is 1.00 bits per heavy atom. The number of H-pyrrole nitrogens is 1. The molecule has 0 bridgehead atoms. The van der Waals surface area contributed by atoms with Gasteiger partial charge in [0.2, 0.25) is 0 Å². The van der Waals surface area contributed by atoms with Crippen LogP contribution in [0.2, 0.25) is 0 Å². The Labute approximate surface area is 174 Å². The second-order valence-electron chi connectivity index (χ2n) is 6.96. The van der Waals surface area contributed by atoms with Crippen molar-refractivity contribution >= 4 is 16.5 Å². The van der Waals surface area contributed by atoms with Gasteiger partial charge >= 0.3 is 5.13 Å². The average molecular weight is 405 g/mol. The molecule has 0 unspecified atom stereocenters. The minimum absolute atomic E-state index is 0.154. The van der Waals surface area contributed by atoms with E-state index < -0.39 is 0 Å². The fraction of sp³-hybridized carbons (Fsp3) is 0.125. The number of aromatic nitrogens is 1. The molecule has 0 aliphatic rings. The second kappa shape index (κ2) is 8.37. The van der Waals surface area contributed by atoms with E-state index in [1.165, 1.54) is 22.5 Å². The van der Waals surface area contributed by atoms with Crippen LogP contribution in [0.1, 0.15) is 22.7 Å². The van der Waals surface area contributed by atoms with Crippen LogP contribution in [0.4, 0.5) is 5.13 Å². The van der Waals surface area contributed by atoms with E-state index in [1.807, 2.05) is 42.5 Å². The highest BCUT2D eigenvalue weighted by atomic mass is 32.1. The summed E-state index contributed by atoms with van der Waals surface area (Å²) in [5.74, 6) is 1.54. The molecule has 0 saturated heterocycles. The van der Waals surface area contributed by atoms with Crippen LogP contribution in [0.25, 0.3) is 11.1 Å². The van der Waals surface area contributed by atoms with E-state index in [-0.39, 0.29) is 5.92 Å². The zero-order valence-electron chi connectivity index (χ0n) is 16.2. The van der Waals surface area contributed by atoms with Crippen LogP contribution >= 0.6 is 11.3 Å². The summed E-state index contributed by atoms with van der Waals surface area (Å²) in [5, 5.41) is 10.5. The van der Waals surface area contributed by atoms with E-state index in [4.69, 9.17) is 15.6 Å². The minimum Gasteiger partial charge on any atom is -0.593 e. The molecule has 4 aromatic rings. The number of anilines is 1. The molecule has 5 heteroatoms. The van der Waals surface area contributed by atoms with Crippen LogP contribution in [-0.2, 0) is 6.42 Å². The maximum atomic E-state index is 7.77. The zero-order valence-corrected chi connectivity index (χ0v) is 17.0. The van der Waals surface area contributed by atoms with Crippen molar-refractivity contribution in [1.29, 1.82) is 0 Å². The van der Waals surface area contributed by atoms with Gasteiger partial charge in [0.25, 0.3) is 5.75 Å². The summed E-state index contributed by atoms with van der Waals surface area (Å²) < 4.78 is 5.49. The molecule has 29 heavy (non-hydrogen) atoms. The predicted octanol–water partition coefficient (Wildman–Crippen LogP) is 4.63. The number of nitrogen functional groups attached to an aromatic ring is 1. The third-order valence-electron chi connectivity index (χ3n) is 5.08. The maximum Gasteiger partial charge on any atom is 0.329 e. The van der Waals surface area contributed by atoms with Gasteiger partial charge in [-0.05, 0) is 41.3 Å². The van der Waals surface area contributed by atoms with Crippen LogP contribution in [0, 0.1) is 0 Å². The summed E-state index contributed by atoms with van der Waals surface area (Å²) in [6.45, 7) is 0. The van der Waals surface area contributed by atoms with E-state index in [0.717, 1.165) is 29.0 Å². The van der Waals surface area contributed by atoms with Crippen LogP contribution in [-0.4, -0.2) is 12.2 Å². The third-order valence-corrected chi connectivity index (χ3v) is 5.81. The Hall–Kier alpha value is -3.31. The van der Waals surface area contributed by atoms with Crippen molar-refractivity contribution in [1.82, 2.24) is 0 Å². The quantitative estimate of drug-likeness (QED) is 0.476. The highest BCUT2D eigenvalue weighted by molar-refractivity contribution is 7.13. The molecule has 0 spiro atoms. The summed E-state index contributed by atoms with van der Waals surface area (Å²) in [6.07, 6.45) is 0.843. The number of ether oxygens (including phenoxy) is 1. The van der Waals surface area contributed by atoms with Gasteiger partial charge in [-0.15, -0.1) is 0 Å². The number of hydrogen-bond donors (Lipinski definition) is 1. The van der Waals surface area contributed by atoms with E-state index in [9.17, 15) is 0 Å². The monoisotopic (exact) mass is 404 g/mol. The molecule has 0 amide bonds. The number of hydrogen-bond acceptors (Lipinski definition) is 3. The number of nitrogens with two attached hydrogens (primary N) is 1. The van der Waals surface area contributed by atoms with E-state index in [1.54, 1.807) is 7.11 Å². The topological polar surface area (TPSA) is 72.3 Å². The van der Waals surface area contributed by atoms with Gasteiger partial charge in [-0.3, -0.25) is 5.73 Å². The van der Waals surface area contributed by atoms with Crippen molar-refractivity contribution in [3.63, 3.8) is 0 Å². The molecule has 0 radical (unpaired) electrons. The van der Waals surface area contributed by atoms with Crippen molar-refractivity contribution in [2.75, 3.05) is 12.8 Å². The van der Waals surface area contributed by atoms with Gasteiger partial charge in [0.05, 0.1) is 13.0 Å². The Balaban J connectivity index is 1.63. The fourth-order valence-electron chi connectivity index (χ4n) is 3.56. The summed E-state index contributed by atoms with van der Waals surface area (Å²) in [7, 11) is 1.70. The maximum absolute atomic E-state index is 7.77. The largest absolute Gasteiger partial charge is 0.593 e. The predicted molar refractivity (Wildman–Crippen MR) is 119 cm³/mol. The fourth-order valence-corrected chi connectivity index (χ4v) is 4.21. The highest BCUT2D eigenvalue weighted by Gasteiger charge is 2.21. The first-order chi connectivity index (χ1) is 14.1. The lowest BCUT2D eigenvalue weighted by Gasteiger charge is -2.15. The summed E-state index contributed by atoms with van der Waals surface area (Å²) in [6, 6.07) is 24.4. The van der Waals surface area contributed by atoms with Gasteiger partial charge in [0.15, 0.2) is 0 Å². The van der Waals surface area contributed by atoms with Gasteiger partial charge in [-0.25, -0.2) is 4.98 Å². The van der Waals surface area contributed by atoms with Crippen LogP contribution < -0.4 is 15.5 Å². The summed E-state index contributed by atoms with van der Waals surface area (Å²) >= 11 is 1.52. The smallest absolute Gasteiger partial charge is 0.329 e. The van der Waals surface area contributed by atoms with Gasteiger partial charge in [0, 0.05) is 23.1 Å². The minimum atomic E-state index is 0.154. The molecule has 5 N–H and O–H groups in total. The average Bonchev–Trinajstić information content (AvgIpc) is 3.19. The molecular weight excluding hydrogens is 380 g/mol. The van der Waals surface area contributed by atoms with E-state index >= 15 is 0 Å². The first-order valence-electron chi connectivity index (χ1n) is 9.44. The summed E-state index contributed by atoms with van der Waals surface area (Å²) in [5.41, 5.74) is 11.7. The summed E-state index contributed by atoms with van der Waals surface area (Å²) in [4.78, 5) is 3.29. The Morgan fingerprint density at radius 3 is 2.38 bits per heavy atom. The third kappa shape index (κ3) is 4.25. The van der Waals surface area contributed by atoms with Crippen LogP contribution in [0.15, 0.2) is 78.2 Å². The van der Waals surface area contributed by atoms with Crippen molar-refractivity contribution in [2.45, 2.75) is 12.3 Å². The van der Waals surface area contributed by atoms with Crippen molar-refractivity contribution in [3.05, 3.63) is 95.0 Å². The molecule has 0 aliphatic carbocycles. The Bertz CT molecular complexity index is 1090. The molecule has 146 valence electrons. The van der Waals surface area contributed by atoms with Gasteiger partial charge < -0.3 is 9.84 Å². The molecule has 0 aliphatic heterocycles. The number of aromatic amines is 1. The molecule has 1 atom stereocenters. The number of thiazole rings is 1. The SMILES string of the molecule is COc1ccccc1-c1ccc(C[C@@H](c2ccc([OH2+])cc2)c2csc(N)[nH+]2)cc1. The van der Waals surface area contributed by atoms with Crippen molar-refractivity contribution in [2.24, 2.45) is 0 Å². The lowest BCUT2D eigenvalue weighted by molar-refractivity contribution is -0.368. The molecule has 0 saturated carbocycles. The number of para-hydroxylation sites is 1. The first-order valence-corrected chi connectivity index (χ1v) is 10.3. The van der Waals surface area contributed by atoms with Crippen molar-refractivity contribution < 1.29 is 14.8 Å². The standard InChI is InChI=1S/C24H22N2O2S/c1-28-23-5-3-2-4-20(23)17-8-6-16(7-9-17)14-21(22-15-29-24(25)26-22)18-10-12-19(27)13-11-18/h2-13,15,21,27H,14H2,1H3,(H2,25,26)/p+2/t21-/m0/s1. The number of nitrogens with one attached hydrogen (secondary N) is 1. The van der Waals surface area contributed by atoms with Gasteiger partial charge in [0.1, 0.15) is 11.4 Å². The number of rotatable bonds is 6. The molecule has 3 aromatic carbocycles. The first kappa shape index (κ1) is 19.0. The van der Waals surface area contributed by atoms with Crippen LogP contribution in [0.5, 0.6) is 11.5 Å². The van der Waals surface area contributed by atoms with E-state index in [2.05, 4.69) is 40.7 Å². The van der Waals surface area contributed by atoms with E-state index in [0.29, 0.717) is 10.9 Å². The lowest BCUT2D eigenvalue weighted by Crippen LogP contribution is -2.17. The van der Waals surface area contributed by atoms with Gasteiger partial charge in [-0.1, -0.05) is 53.8 Å². The molecule has 0 fully saturated rings. The van der Waals surface area contributed by atoms with Crippen molar-refractivity contribution in [3.8, 4) is 22.6 Å². The Kier molecular flexibility index (Phi) is 5.49. The van der Waals surface area contributed by atoms with Crippen LogP contribution in [0.3, 0.4) is 0 Å². The molecular formula is C24H24N2O2S+2. The normalized spacial score (nSPS) is 11.9. The number of benzene rings is 3. The molecule has 4 nitrogen and oxygen atoms in total. The lowest BCUT2D eigenvalue weighted by atomic mass is 9.89. The molecule has 4 rings (SSSR count). The zero-order chi connectivity index (χ0) is 20.2.